The van der Waals surface area contributed by atoms with Crippen molar-refractivity contribution in [2.75, 3.05) is 0 Å². The van der Waals surface area contributed by atoms with Crippen molar-refractivity contribution in [1.82, 2.24) is 14.8 Å². The number of benzene rings is 1. The van der Waals surface area contributed by atoms with Crippen LogP contribution in [0.2, 0.25) is 0 Å². The van der Waals surface area contributed by atoms with Gasteiger partial charge in [-0.25, -0.2) is 9.38 Å². The molecule has 114 valence electrons. The maximum absolute atomic E-state index is 12.4. The van der Waals surface area contributed by atoms with Gasteiger partial charge in [0.25, 0.3) is 5.91 Å². The van der Waals surface area contributed by atoms with E-state index in [4.69, 9.17) is 0 Å². The van der Waals surface area contributed by atoms with Gasteiger partial charge >= 0.3 is 0 Å². The number of piperidine rings is 1. The minimum absolute atomic E-state index is 0.0457. The number of rotatable bonds is 3. The zero-order chi connectivity index (χ0) is 15.5. The Labute approximate surface area is 133 Å². The van der Waals surface area contributed by atoms with Crippen LogP contribution in [0.15, 0.2) is 36.5 Å². The highest BCUT2D eigenvalue weighted by molar-refractivity contribution is 7.08. The van der Waals surface area contributed by atoms with Crippen LogP contribution in [-0.2, 0) is 4.79 Å². The standard InChI is InChI=1S/C16H17N3O2S/c1-11-10-17-22-15(11)16(21)18-19-13(8-5-9-14(19)20)12-6-3-2-4-7-12/h2-4,6-7,10,13H,5,8-9H2,1H3,(H,18,21). The van der Waals surface area contributed by atoms with Crippen molar-refractivity contribution >= 4 is 23.3 Å². The Morgan fingerprint density at radius 3 is 2.82 bits per heavy atom. The van der Waals surface area contributed by atoms with Gasteiger partial charge in [-0.2, -0.15) is 0 Å². The van der Waals surface area contributed by atoms with Crippen molar-refractivity contribution in [2.24, 2.45) is 0 Å². The lowest BCUT2D eigenvalue weighted by molar-refractivity contribution is -0.139. The van der Waals surface area contributed by atoms with Gasteiger partial charge in [-0.1, -0.05) is 30.3 Å². The van der Waals surface area contributed by atoms with E-state index < -0.39 is 0 Å². The SMILES string of the molecule is Cc1cnsc1C(=O)NN1C(=O)CCCC1c1ccccc1. The summed E-state index contributed by atoms with van der Waals surface area (Å²) in [7, 11) is 0. The predicted octanol–water partition coefficient (Wildman–Crippen LogP) is 2.85. The van der Waals surface area contributed by atoms with Crippen molar-refractivity contribution in [2.45, 2.75) is 32.2 Å². The van der Waals surface area contributed by atoms with Crippen LogP contribution < -0.4 is 5.43 Å². The molecule has 1 aliphatic heterocycles. The van der Waals surface area contributed by atoms with Gasteiger partial charge in [0.15, 0.2) is 0 Å². The van der Waals surface area contributed by atoms with E-state index in [0.29, 0.717) is 11.3 Å². The first-order valence-electron chi connectivity index (χ1n) is 7.26. The second-order valence-corrected chi connectivity index (χ2v) is 6.16. The summed E-state index contributed by atoms with van der Waals surface area (Å²) in [6, 6.07) is 9.70. The largest absolute Gasteiger partial charge is 0.281 e. The molecular weight excluding hydrogens is 298 g/mol. The molecule has 0 radical (unpaired) electrons. The normalized spacial score (nSPS) is 18.3. The van der Waals surface area contributed by atoms with E-state index in [1.165, 1.54) is 5.01 Å². The molecule has 1 unspecified atom stereocenters. The molecule has 1 N–H and O–H groups in total. The highest BCUT2D eigenvalue weighted by atomic mass is 32.1. The van der Waals surface area contributed by atoms with Gasteiger partial charge in [0.05, 0.1) is 6.04 Å². The van der Waals surface area contributed by atoms with E-state index in [1.807, 2.05) is 37.3 Å². The average molecular weight is 315 g/mol. The van der Waals surface area contributed by atoms with Crippen LogP contribution in [0.5, 0.6) is 0 Å². The summed E-state index contributed by atoms with van der Waals surface area (Å²) in [6.45, 7) is 1.84. The van der Waals surface area contributed by atoms with Crippen LogP contribution >= 0.6 is 11.5 Å². The molecule has 0 aliphatic carbocycles. The average Bonchev–Trinajstić information content (AvgIpc) is 2.96. The molecule has 1 saturated heterocycles. The number of hydrazine groups is 1. The van der Waals surface area contributed by atoms with E-state index in [0.717, 1.165) is 35.5 Å². The molecule has 0 saturated carbocycles. The predicted molar refractivity (Wildman–Crippen MR) is 84.2 cm³/mol. The van der Waals surface area contributed by atoms with E-state index in [9.17, 15) is 9.59 Å². The molecule has 0 spiro atoms. The molecule has 1 aromatic heterocycles. The van der Waals surface area contributed by atoms with Crippen LogP contribution in [0.3, 0.4) is 0 Å². The molecule has 1 aromatic carbocycles. The molecule has 2 heterocycles. The number of hydrogen-bond acceptors (Lipinski definition) is 4. The fraction of sp³-hybridized carbons (Fsp3) is 0.312. The molecule has 1 fully saturated rings. The highest BCUT2D eigenvalue weighted by Gasteiger charge is 2.31. The number of aromatic nitrogens is 1. The molecule has 5 nitrogen and oxygen atoms in total. The van der Waals surface area contributed by atoms with E-state index in [2.05, 4.69) is 9.80 Å². The number of amides is 2. The molecule has 22 heavy (non-hydrogen) atoms. The van der Waals surface area contributed by atoms with E-state index >= 15 is 0 Å². The van der Waals surface area contributed by atoms with Crippen LogP contribution in [0.1, 0.15) is 46.1 Å². The van der Waals surface area contributed by atoms with Crippen LogP contribution in [0.4, 0.5) is 0 Å². The molecule has 1 atom stereocenters. The fourth-order valence-electron chi connectivity index (χ4n) is 2.67. The number of nitrogens with one attached hydrogen (secondary N) is 1. The summed E-state index contributed by atoms with van der Waals surface area (Å²) in [6.07, 6.45) is 3.81. The zero-order valence-electron chi connectivity index (χ0n) is 12.3. The Morgan fingerprint density at radius 2 is 2.14 bits per heavy atom. The Kier molecular flexibility index (Phi) is 4.20. The van der Waals surface area contributed by atoms with E-state index in [1.54, 1.807) is 6.20 Å². The summed E-state index contributed by atoms with van der Waals surface area (Å²) in [5, 5.41) is 1.49. The quantitative estimate of drug-likeness (QED) is 0.947. The zero-order valence-corrected chi connectivity index (χ0v) is 13.1. The molecule has 2 amide bonds. The summed E-state index contributed by atoms with van der Waals surface area (Å²) in [4.78, 5) is 25.2. The molecule has 1 aliphatic rings. The summed E-state index contributed by atoms with van der Waals surface area (Å²) >= 11 is 1.14. The van der Waals surface area contributed by atoms with Gasteiger partial charge in [-0.15, -0.1) is 0 Å². The molecule has 2 aromatic rings. The maximum atomic E-state index is 12.4. The smallest absolute Gasteiger partial charge is 0.273 e. The molecule has 6 heteroatoms. The number of hydrogen-bond donors (Lipinski definition) is 1. The Bertz CT molecular complexity index is 684. The third kappa shape index (κ3) is 2.87. The first-order valence-corrected chi connectivity index (χ1v) is 8.03. The number of carbonyl (C=O) groups excluding carboxylic acids is 2. The first kappa shape index (κ1) is 14.7. The number of aryl methyl sites for hydroxylation is 1. The third-order valence-corrected chi connectivity index (χ3v) is 4.71. The minimum Gasteiger partial charge on any atom is -0.273 e. The minimum atomic E-state index is -0.267. The highest BCUT2D eigenvalue weighted by Crippen LogP contribution is 2.30. The summed E-state index contributed by atoms with van der Waals surface area (Å²) in [5.41, 5.74) is 4.64. The topological polar surface area (TPSA) is 62.3 Å². The first-order chi connectivity index (χ1) is 10.7. The van der Waals surface area contributed by atoms with Crippen LogP contribution in [-0.4, -0.2) is 21.2 Å². The Balaban J connectivity index is 1.83. The second kappa shape index (κ2) is 6.27. The number of carbonyl (C=O) groups is 2. The van der Waals surface area contributed by atoms with Crippen molar-refractivity contribution in [3.05, 3.63) is 52.5 Å². The van der Waals surface area contributed by atoms with E-state index in [-0.39, 0.29) is 17.9 Å². The monoisotopic (exact) mass is 315 g/mol. The summed E-state index contributed by atoms with van der Waals surface area (Å²) < 4.78 is 4.01. The van der Waals surface area contributed by atoms with Crippen molar-refractivity contribution in [3.8, 4) is 0 Å². The van der Waals surface area contributed by atoms with Gasteiger partial charge in [0.1, 0.15) is 4.88 Å². The summed E-state index contributed by atoms with van der Waals surface area (Å²) in [5.74, 6) is -0.313. The van der Waals surface area contributed by atoms with Crippen molar-refractivity contribution in [3.63, 3.8) is 0 Å². The van der Waals surface area contributed by atoms with Crippen LogP contribution in [0.25, 0.3) is 0 Å². The lowest BCUT2D eigenvalue weighted by atomic mass is 9.96. The molecular formula is C16H17N3O2S. The Morgan fingerprint density at radius 1 is 1.36 bits per heavy atom. The van der Waals surface area contributed by atoms with Crippen molar-refractivity contribution < 1.29 is 9.59 Å². The maximum Gasteiger partial charge on any atom is 0.281 e. The van der Waals surface area contributed by atoms with Gasteiger partial charge in [0.2, 0.25) is 5.91 Å². The molecule has 0 bridgehead atoms. The van der Waals surface area contributed by atoms with Crippen molar-refractivity contribution in [1.29, 1.82) is 0 Å². The molecule has 3 rings (SSSR count). The van der Waals surface area contributed by atoms with Crippen LogP contribution in [0, 0.1) is 6.92 Å². The third-order valence-electron chi connectivity index (χ3n) is 3.81. The second-order valence-electron chi connectivity index (χ2n) is 5.36. The van der Waals surface area contributed by atoms with Gasteiger partial charge in [-0.3, -0.25) is 15.0 Å². The Hall–Kier alpha value is -2.21. The fourth-order valence-corrected chi connectivity index (χ4v) is 3.31. The van der Waals surface area contributed by atoms with Gasteiger partial charge < -0.3 is 0 Å². The van der Waals surface area contributed by atoms with Gasteiger partial charge in [0, 0.05) is 12.6 Å². The van der Waals surface area contributed by atoms with Gasteiger partial charge in [-0.05, 0) is 42.4 Å². The number of nitrogens with zero attached hydrogens (tertiary/aromatic N) is 2. The lowest BCUT2D eigenvalue weighted by Gasteiger charge is -2.35. The lowest BCUT2D eigenvalue weighted by Crippen LogP contribution is -2.50.